The Labute approximate surface area is 89.1 Å². The van der Waals surface area contributed by atoms with Crippen molar-refractivity contribution in [1.82, 2.24) is 0 Å². The molecule has 82 valence electrons. The van der Waals surface area contributed by atoms with Crippen LogP contribution in [0.25, 0.3) is 0 Å². The lowest BCUT2D eigenvalue weighted by Gasteiger charge is -2.05. The summed E-state index contributed by atoms with van der Waals surface area (Å²) in [5, 5.41) is 0. The highest BCUT2D eigenvalue weighted by atomic mass is 19.1. The molecule has 15 heavy (non-hydrogen) atoms. The van der Waals surface area contributed by atoms with Crippen molar-refractivity contribution in [3.05, 3.63) is 35.4 Å². The number of rotatable bonds is 4. The van der Waals surface area contributed by atoms with Crippen molar-refractivity contribution in [3.63, 3.8) is 0 Å². The maximum absolute atomic E-state index is 12.4. The summed E-state index contributed by atoms with van der Waals surface area (Å²) >= 11 is 0. The molecular formula is C12H15FO2. The molecule has 0 aliphatic carbocycles. The van der Waals surface area contributed by atoms with E-state index in [0.29, 0.717) is 5.56 Å². The van der Waals surface area contributed by atoms with Gasteiger partial charge in [-0.05, 0) is 26.0 Å². The van der Waals surface area contributed by atoms with E-state index in [1.807, 2.05) is 13.0 Å². The molecule has 0 saturated carbocycles. The molecule has 0 amide bonds. The van der Waals surface area contributed by atoms with E-state index in [4.69, 9.17) is 4.74 Å². The monoisotopic (exact) mass is 210 g/mol. The third-order valence-corrected chi connectivity index (χ3v) is 2.00. The van der Waals surface area contributed by atoms with Crippen molar-refractivity contribution in [3.8, 4) is 0 Å². The molecule has 1 aromatic carbocycles. The van der Waals surface area contributed by atoms with E-state index in [1.165, 1.54) is 6.92 Å². The lowest BCUT2D eigenvalue weighted by Crippen LogP contribution is -2.09. The zero-order valence-electron chi connectivity index (χ0n) is 9.00. The van der Waals surface area contributed by atoms with E-state index in [1.54, 1.807) is 18.2 Å². The Bertz CT molecular complexity index is 334. The van der Waals surface area contributed by atoms with Gasteiger partial charge in [0.1, 0.15) is 6.17 Å². The number of ether oxygens (including phenoxy) is 1. The number of alkyl halides is 1. The topological polar surface area (TPSA) is 26.3 Å². The molecule has 0 aromatic heterocycles. The minimum atomic E-state index is -0.935. The highest BCUT2D eigenvalue weighted by Crippen LogP contribution is 2.06. The predicted molar refractivity (Wildman–Crippen MR) is 56.6 cm³/mol. The maximum atomic E-state index is 12.4. The first-order valence-corrected chi connectivity index (χ1v) is 4.97. The van der Waals surface area contributed by atoms with Crippen LogP contribution in [0.4, 0.5) is 4.39 Å². The Morgan fingerprint density at radius 1 is 1.53 bits per heavy atom. The molecule has 0 heterocycles. The van der Waals surface area contributed by atoms with Gasteiger partial charge in [-0.1, -0.05) is 17.7 Å². The summed E-state index contributed by atoms with van der Waals surface area (Å²) in [5.41, 5.74) is 1.52. The average Bonchev–Trinajstić information content (AvgIpc) is 2.17. The van der Waals surface area contributed by atoms with Crippen LogP contribution in [0.3, 0.4) is 0 Å². The molecule has 1 unspecified atom stereocenters. The minimum absolute atomic E-state index is 0.129. The molecule has 1 atom stereocenters. The SMILES string of the molecule is Cc1cccc(C(=O)OCCC(C)F)c1. The molecule has 0 N–H and O–H groups in total. The molecule has 0 fully saturated rings. The average molecular weight is 210 g/mol. The summed E-state index contributed by atoms with van der Waals surface area (Å²) in [4.78, 5) is 11.4. The number of benzene rings is 1. The summed E-state index contributed by atoms with van der Waals surface area (Å²) in [7, 11) is 0. The summed E-state index contributed by atoms with van der Waals surface area (Å²) in [6.07, 6.45) is -0.687. The van der Waals surface area contributed by atoms with Crippen LogP contribution in [0.5, 0.6) is 0 Å². The largest absolute Gasteiger partial charge is 0.462 e. The molecular weight excluding hydrogens is 195 g/mol. The second-order valence-corrected chi connectivity index (χ2v) is 3.57. The Morgan fingerprint density at radius 3 is 2.87 bits per heavy atom. The van der Waals surface area contributed by atoms with E-state index in [-0.39, 0.29) is 19.0 Å². The summed E-state index contributed by atoms with van der Waals surface area (Å²) in [6.45, 7) is 3.48. The van der Waals surface area contributed by atoms with E-state index in [2.05, 4.69) is 0 Å². The summed E-state index contributed by atoms with van der Waals surface area (Å²) in [6, 6.07) is 7.14. The van der Waals surface area contributed by atoms with Crippen molar-refractivity contribution >= 4 is 5.97 Å². The van der Waals surface area contributed by atoms with Crippen LogP contribution in [0.2, 0.25) is 0 Å². The zero-order valence-corrected chi connectivity index (χ0v) is 9.00. The van der Waals surface area contributed by atoms with Gasteiger partial charge in [-0.2, -0.15) is 0 Å². The van der Waals surface area contributed by atoms with Gasteiger partial charge < -0.3 is 4.74 Å². The van der Waals surface area contributed by atoms with Crippen molar-refractivity contribution in [1.29, 1.82) is 0 Å². The first-order chi connectivity index (χ1) is 7.09. The van der Waals surface area contributed by atoms with E-state index in [0.717, 1.165) is 5.56 Å². The van der Waals surface area contributed by atoms with Crippen LogP contribution < -0.4 is 0 Å². The molecule has 2 nitrogen and oxygen atoms in total. The number of carbonyl (C=O) groups is 1. The first kappa shape index (κ1) is 11.7. The molecule has 1 rings (SSSR count). The smallest absolute Gasteiger partial charge is 0.338 e. The van der Waals surface area contributed by atoms with Crippen molar-refractivity contribution in [2.24, 2.45) is 0 Å². The van der Waals surface area contributed by atoms with E-state index >= 15 is 0 Å². The van der Waals surface area contributed by atoms with Gasteiger partial charge in [0.05, 0.1) is 12.2 Å². The van der Waals surface area contributed by atoms with Crippen LogP contribution in [0.1, 0.15) is 29.3 Å². The third kappa shape index (κ3) is 4.11. The van der Waals surface area contributed by atoms with Gasteiger partial charge in [-0.15, -0.1) is 0 Å². The maximum Gasteiger partial charge on any atom is 0.338 e. The van der Waals surface area contributed by atoms with Gasteiger partial charge in [0.15, 0.2) is 0 Å². The highest BCUT2D eigenvalue weighted by Gasteiger charge is 2.07. The number of halogens is 1. The lowest BCUT2D eigenvalue weighted by atomic mass is 10.1. The predicted octanol–water partition coefficient (Wildman–Crippen LogP) is 2.90. The summed E-state index contributed by atoms with van der Waals surface area (Å²) in [5.74, 6) is -0.389. The number of hydrogen-bond donors (Lipinski definition) is 0. The standard InChI is InChI=1S/C12H15FO2/c1-9-4-3-5-11(8-9)12(14)15-7-6-10(2)13/h3-5,8,10H,6-7H2,1-2H3. The molecule has 3 heteroatoms. The van der Waals surface area contributed by atoms with Crippen molar-refractivity contribution in [2.75, 3.05) is 6.61 Å². The minimum Gasteiger partial charge on any atom is -0.462 e. The number of aryl methyl sites for hydroxylation is 1. The Hall–Kier alpha value is -1.38. The van der Waals surface area contributed by atoms with Crippen LogP contribution in [0, 0.1) is 6.92 Å². The molecule has 0 saturated heterocycles. The molecule has 0 bridgehead atoms. The Morgan fingerprint density at radius 2 is 2.27 bits per heavy atom. The lowest BCUT2D eigenvalue weighted by molar-refractivity contribution is 0.0477. The fourth-order valence-electron chi connectivity index (χ4n) is 1.17. The quantitative estimate of drug-likeness (QED) is 0.714. The third-order valence-electron chi connectivity index (χ3n) is 2.00. The van der Waals surface area contributed by atoms with Crippen LogP contribution >= 0.6 is 0 Å². The van der Waals surface area contributed by atoms with Crippen LogP contribution in [-0.4, -0.2) is 18.7 Å². The van der Waals surface area contributed by atoms with Gasteiger partial charge in [0, 0.05) is 6.42 Å². The molecule has 1 aromatic rings. The van der Waals surface area contributed by atoms with E-state index in [9.17, 15) is 9.18 Å². The highest BCUT2D eigenvalue weighted by molar-refractivity contribution is 5.89. The van der Waals surface area contributed by atoms with Crippen molar-refractivity contribution < 1.29 is 13.9 Å². The van der Waals surface area contributed by atoms with Crippen molar-refractivity contribution in [2.45, 2.75) is 26.4 Å². The van der Waals surface area contributed by atoms with Gasteiger partial charge in [-0.25, -0.2) is 9.18 Å². The number of esters is 1. The van der Waals surface area contributed by atoms with E-state index < -0.39 is 6.17 Å². The summed E-state index contributed by atoms with van der Waals surface area (Å²) < 4.78 is 17.3. The van der Waals surface area contributed by atoms with Crippen LogP contribution in [-0.2, 0) is 4.74 Å². The van der Waals surface area contributed by atoms with Gasteiger partial charge in [0.2, 0.25) is 0 Å². The first-order valence-electron chi connectivity index (χ1n) is 4.97. The molecule has 0 aliphatic rings. The molecule has 0 radical (unpaired) electrons. The molecule has 0 spiro atoms. The molecule has 0 aliphatic heterocycles. The number of hydrogen-bond acceptors (Lipinski definition) is 2. The van der Waals surface area contributed by atoms with Gasteiger partial charge >= 0.3 is 5.97 Å². The fourth-order valence-corrected chi connectivity index (χ4v) is 1.17. The zero-order chi connectivity index (χ0) is 11.3. The Kier molecular flexibility index (Phi) is 4.28. The second-order valence-electron chi connectivity index (χ2n) is 3.57. The number of carbonyl (C=O) groups excluding carboxylic acids is 1. The Balaban J connectivity index is 2.47. The van der Waals surface area contributed by atoms with Gasteiger partial charge in [-0.3, -0.25) is 0 Å². The second kappa shape index (κ2) is 5.49. The fraction of sp³-hybridized carbons (Fsp3) is 0.417. The van der Waals surface area contributed by atoms with Gasteiger partial charge in [0.25, 0.3) is 0 Å². The normalized spacial score (nSPS) is 12.2. The van der Waals surface area contributed by atoms with Crippen LogP contribution in [0.15, 0.2) is 24.3 Å².